The standard InChI is InChI=1S/C14H25NO/c1-13(2)5-4-6-14(3)7-8-15-9-11-16-12-10-15/h5,7H,4,6,8-12H2,1-3H3. The van der Waals surface area contributed by atoms with E-state index in [1.807, 2.05) is 0 Å². The van der Waals surface area contributed by atoms with E-state index in [1.54, 1.807) is 0 Å². The summed E-state index contributed by atoms with van der Waals surface area (Å²) in [6.07, 6.45) is 7.04. The molecule has 0 saturated carbocycles. The average molecular weight is 223 g/mol. The zero-order valence-electron chi connectivity index (χ0n) is 11.0. The first-order valence-corrected chi connectivity index (χ1v) is 6.27. The molecule has 1 saturated heterocycles. The van der Waals surface area contributed by atoms with Gasteiger partial charge in [0.1, 0.15) is 0 Å². The molecular formula is C14H25NO. The molecule has 1 aliphatic rings. The quantitative estimate of drug-likeness (QED) is 0.664. The predicted octanol–water partition coefficient (Wildman–Crippen LogP) is 3.01. The molecule has 0 unspecified atom stereocenters. The Hall–Kier alpha value is -0.600. The van der Waals surface area contributed by atoms with Gasteiger partial charge in [0, 0.05) is 19.6 Å². The van der Waals surface area contributed by atoms with Crippen molar-refractivity contribution in [1.29, 1.82) is 0 Å². The number of ether oxygens (including phenoxy) is 1. The fraction of sp³-hybridized carbons (Fsp3) is 0.714. The second-order valence-corrected chi connectivity index (χ2v) is 4.78. The van der Waals surface area contributed by atoms with Crippen LogP contribution in [-0.2, 0) is 4.74 Å². The molecule has 0 aromatic rings. The van der Waals surface area contributed by atoms with Crippen LogP contribution >= 0.6 is 0 Å². The molecule has 2 heteroatoms. The maximum absolute atomic E-state index is 5.33. The van der Waals surface area contributed by atoms with Crippen molar-refractivity contribution in [2.24, 2.45) is 0 Å². The van der Waals surface area contributed by atoms with Gasteiger partial charge in [-0.3, -0.25) is 4.90 Å². The van der Waals surface area contributed by atoms with Crippen LogP contribution in [0.1, 0.15) is 33.6 Å². The van der Waals surface area contributed by atoms with Gasteiger partial charge in [0.25, 0.3) is 0 Å². The van der Waals surface area contributed by atoms with Crippen LogP contribution < -0.4 is 0 Å². The third-order valence-corrected chi connectivity index (χ3v) is 2.89. The number of nitrogens with zero attached hydrogens (tertiary/aromatic N) is 1. The predicted molar refractivity (Wildman–Crippen MR) is 69.7 cm³/mol. The van der Waals surface area contributed by atoms with Gasteiger partial charge in [0.2, 0.25) is 0 Å². The van der Waals surface area contributed by atoms with Crippen LogP contribution in [0, 0.1) is 0 Å². The van der Waals surface area contributed by atoms with Gasteiger partial charge in [0.15, 0.2) is 0 Å². The molecule has 1 aliphatic heterocycles. The fourth-order valence-corrected chi connectivity index (χ4v) is 1.76. The number of morpholine rings is 1. The second kappa shape index (κ2) is 7.64. The molecule has 2 nitrogen and oxygen atoms in total. The molecular weight excluding hydrogens is 198 g/mol. The lowest BCUT2D eigenvalue weighted by molar-refractivity contribution is 0.0433. The van der Waals surface area contributed by atoms with Crippen LogP contribution in [0.3, 0.4) is 0 Å². The highest BCUT2D eigenvalue weighted by Gasteiger charge is 2.07. The van der Waals surface area contributed by atoms with Gasteiger partial charge in [-0.15, -0.1) is 0 Å². The molecule has 0 bridgehead atoms. The molecule has 0 spiro atoms. The van der Waals surface area contributed by atoms with Crippen molar-refractivity contribution < 1.29 is 4.74 Å². The van der Waals surface area contributed by atoms with Crippen molar-refractivity contribution in [3.05, 3.63) is 23.3 Å². The highest BCUT2D eigenvalue weighted by atomic mass is 16.5. The Morgan fingerprint density at radius 1 is 1.12 bits per heavy atom. The maximum atomic E-state index is 5.33. The van der Waals surface area contributed by atoms with Gasteiger partial charge >= 0.3 is 0 Å². The summed E-state index contributed by atoms with van der Waals surface area (Å²) in [5.74, 6) is 0. The minimum atomic E-state index is 0.894. The van der Waals surface area contributed by atoms with E-state index in [0.29, 0.717) is 0 Å². The Morgan fingerprint density at radius 3 is 2.44 bits per heavy atom. The van der Waals surface area contributed by atoms with Crippen LogP contribution in [0.4, 0.5) is 0 Å². The zero-order valence-corrected chi connectivity index (χ0v) is 11.0. The smallest absolute Gasteiger partial charge is 0.0594 e. The second-order valence-electron chi connectivity index (χ2n) is 4.78. The summed E-state index contributed by atoms with van der Waals surface area (Å²) in [4.78, 5) is 2.45. The van der Waals surface area contributed by atoms with Crippen molar-refractivity contribution in [3.8, 4) is 0 Å². The SMILES string of the molecule is CC(C)=CCCC(C)=CCN1CCOCC1. The van der Waals surface area contributed by atoms with Crippen LogP contribution in [0.5, 0.6) is 0 Å². The largest absolute Gasteiger partial charge is 0.379 e. The molecule has 0 N–H and O–H groups in total. The third-order valence-electron chi connectivity index (χ3n) is 2.89. The lowest BCUT2D eigenvalue weighted by Crippen LogP contribution is -2.36. The highest BCUT2D eigenvalue weighted by Crippen LogP contribution is 2.07. The van der Waals surface area contributed by atoms with Crippen LogP contribution in [0.15, 0.2) is 23.3 Å². The van der Waals surface area contributed by atoms with E-state index in [1.165, 1.54) is 24.0 Å². The molecule has 0 amide bonds. The van der Waals surface area contributed by atoms with Crippen molar-refractivity contribution in [1.82, 2.24) is 4.90 Å². The maximum Gasteiger partial charge on any atom is 0.0594 e. The first-order valence-electron chi connectivity index (χ1n) is 6.27. The van der Waals surface area contributed by atoms with E-state index in [4.69, 9.17) is 4.74 Å². The van der Waals surface area contributed by atoms with Crippen molar-refractivity contribution >= 4 is 0 Å². The fourth-order valence-electron chi connectivity index (χ4n) is 1.76. The van der Waals surface area contributed by atoms with Crippen LogP contribution in [0.2, 0.25) is 0 Å². The third kappa shape index (κ3) is 6.09. The molecule has 0 aromatic heterocycles. The molecule has 1 fully saturated rings. The Labute approximate surface area is 100.0 Å². The first kappa shape index (κ1) is 13.5. The lowest BCUT2D eigenvalue weighted by Gasteiger charge is -2.25. The average Bonchev–Trinajstić information content (AvgIpc) is 2.27. The van der Waals surface area contributed by atoms with E-state index in [9.17, 15) is 0 Å². The van der Waals surface area contributed by atoms with Gasteiger partial charge in [0.05, 0.1) is 13.2 Å². The number of hydrogen-bond acceptors (Lipinski definition) is 2. The summed E-state index contributed by atoms with van der Waals surface area (Å²) in [5, 5.41) is 0. The summed E-state index contributed by atoms with van der Waals surface area (Å²) in [5.41, 5.74) is 2.92. The van der Waals surface area contributed by atoms with Gasteiger partial charge in [-0.1, -0.05) is 23.3 Å². The van der Waals surface area contributed by atoms with Gasteiger partial charge in [-0.2, -0.15) is 0 Å². The summed E-state index contributed by atoms with van der Waals surface area (Å²) in [7, 11) is 0. The minimum absolute atomic E-state index is 0.894. The normalized spacial score (nSPS) is 18.6. The van der Waals surface area contributed by atoms with E-state index < -0.39 is 0 Å². The number of rotatable bonds is 5. The summed E-state index contributed by atoms with van der Waals surface area (Å²) in [6.45, 7) is 11.6. The zero-order chi connectivity index (χ0) is 11.8. The Morgan fingerprint density at radius 2 is 1.81 bits per heavy atom. The Balaban J connectivity index is 2.19. The summed E-state index contributed by atoms with van der Waals surface area (Å²) >= 11 is 0. The molecule has 1 rings (SSSR count). The van der Waals surface area contributed by atoms with Crippen molar-refractivity contribution in [2.45, 2.75) is 33.6 Å². The van der Waals surface area contributed by atoms with Gasteiger partial charge in [-0.25, -0.2) is 0 Å². The van der Waals surface area contributed by atoms with Gasteiger partial charge < -0.3 is 4.74 Å². The molecule has 0 aliphatic carbocycles. The molecule has 0 radical (unpaired) electrons. The van der Waals surface area contributed by atoms with Gasteiger partial charge in [-0.05, 0) is 33.6 Å². The Bertz CT molecular complexity index is 245. The molecule has 16 heavy (non-hydrogen) atoms. The lowest BCUT2D eigenvalue weighted by atomic mass is 10.1. The molecule has 92 valence electrons. The highest BCUT2D eigenvalue weighted by molar-refractivity contribution is 5.03. The summed E-state index contributed by atoms with van der Waals surface area (Å²) in [6, 6.07) is 0. The molecule has 0 atom stereocenters. The van der Waals surface area contributed by atoms with Crippen molar-refractivity contribution in [3.63, 3.8) is 0 Å². The number of allylic oxidation sites excluding steroid dienone is 3. The summed E-state index contributed by atoms with van der Waals surface area (Å²) < 4.78 is 5.33. The van der Waals surface area contributed by atoms with E-state index in [-0.39, 0.29) is 0 Å². The van der Waals surface area contributed by atoms with Crippen LogP contribution in [0.25, 0.3) is 0 Å². The van der Waals surface area contributed by atoms with E-state index in [0.717, 1.165) is 32.8 Å². The minimum Gasteiger partial charge on any atom is -0.379 e. The first-order chi connectivity index (χ1) is 7.68. The number of hydrogen-bond donors (Lipinski definition) is 0. The molecule has 1 heterocycles. The molecule has 0 aromatic carbocycles. The topological polar surface area (TPSA) is 12.5 Å². The van der Waals surface area contributed by atoms with E-state index >= 15 is 0 Å². The van der Waals surface area contributed by atoms with E-state index in [2.05, 4.69) is 37.8 Å². The van der Waals surface area contributed by atoms with Crippen LogP contribution in [-0.4, -0.2) is 37.7 Å². The van der Waals surface area contributed by atoms with Crippen molar-refractivity contribution in [2.75, 3.05) is 32.8 Å². The Kier molecular flexibility index (Phi) is 6.43. The monoisotopic (exact) mass is 223 g/mol.